The van der Waals surface area contributed by atoms with Crippen molar-refractivity contribution >= 4 is 10.0 Å². The summed E-state index contributed by atoms with van der Waals surface area (Å²) in [4.78, 5) is 0.254. The molecule has 6 heteroatoms. The van der Waals surface area contributed by atoms with Crippen LogP contribution in [0.25, 0.3) is 0 Å². The zero-order valence-electron chi connectivity index (χ0n) is 10.4. The van der Waals surface area contributed by atoms with Gasteiger partial charge in [0.05, 0.1) is 18.1 Å². The Kier molecular flexibility index (Phi) is 4.56. The van der Waals surface area contributed by atoms with Crippen LogP contribution in [0.1, 0.15) is 5.56 Å². The van der Waals surface area contributed by atoms with E-state index in [9.17, 15) is 8.42 Å². The van der Waals surface area contributed by atoms with E-state index in [0.29, 0.717) is 31.9 Å². The van der Waals surface area contributed by atoms with Crippen molar-refractivity contribution in [2.24, 2.45) is 0 Å². The summed E-state index contributed by atoms with van der Waals surface area (Å²) in [5.41, 5.74) is 0.676. The first-order valence-corrected chi connectivity index (χ1v) is 7.36. The number of nitrogens with zero attached hydrogens (tertiary/aromatic N) is 1. The predicted octanol–water partition coefficient (Wildman–Crippen LogP) is 0.0513. The molecule has 1 aromatic rings. The highest BCUT2D eigenvalue weighted by Crippen LogP contribution is 2.17. The van der Waals surface area contributed by atoms with E-state index in [2.05, 4.69) is 11.8 Å². The van der Waals surface area contributed by atoms with E-state index in [1.807, 2.05) is 0 Å². The number of sulfonamides is 1. The average molecular weight is 281 g/mol. The lowest BCUT2D eigenvalue weighted by atomic mass is 10.2. The first-order valence-electron chi connectivity index (χ1n) is 5.92. The SMILES string of the molecule is O=S(=O)(c1ccc(C#CCO)cc1)N1CCOCC1. The Bertz CT molecular complexity index is 577. The van der Waals surface area contributed by atoms with Crippen molar-refractivity contribution in [1.29, 1.82) is 0 Å². The molecule has 0 radical (unpaired) electrons. The van der Waals surface area contributed by atoms with Crippen molar-refractivity contribution in [3.63, 3.8) is 0 Å². The Labute approximate surface area is 112 Å². The fourth-order valence-corrected chi connectivity index (χ4v) is 3.20. The highest BCUT2D eigenvalue weighted by Gasteiger charge is 2.25. The Morgan fingerprint density at radius 2 is 1.84 bits per heavy atom. The standard InChI is InChI=1S/C13H15NO4S/c15-9-1-2-12-3-5-13(6-4-12)19(16,17)14-7-10-18-11-8-14/h3-6,15H,7-11H2. The number of morpholine rings is 1. The van der Waals surface area contributed by atoms with E-state index in [0.717, 1.165) is 0 Å². The van der Waals surface area contributed by atoms with Gasteiger partial charge in [-0.05, 0) is 24.3 Å². The van der Waals surface area contributed by atoms with Gasteiger partial charge in [-0.15, -0.1) is 0 Å². The summed E-state index contributed by atoms with van der Waals surface area (Å²) in [5, 5.41) is 8.59. The smallest absolute Gasteiger partial charge is 0.243 e. The van der Waals surface area contributed by atoms with Gasteiger partial charge in [-0.2, -0.15) is 4.31 Å². The molecule has 1 aliphatic rings. The van der Waals surface area contributed by atoms with Crippen LogP contribution in [0, 0.1) is 11.8 Å². The first-order chi connectivity index (χ1) is 9.14. The van der Waals surface area contributed by atoms with Gasteiger partial charge in [0.25, 0.3) is 0 Å². The van der Waals surface area contributed by atoms with Crippen LogP contribution in [0.4, 0.5) is 0 Å². The van der Waals surface area contributed by atoms with E-state index in [1.54, 1.807) is 12.1 Å². The molecule has 0 saturated carbocycles. The average Bonchev–Trinajstić information content (AvgIpc) is 2.46. The lowest BCUT2D eigenvalue weighted by Gasteiger charge is -2.26. The third kappa shape index (κ3) is 3.33. The molecule has 19 heavy (non-hydrogen) atoms. The molecule has 2 rings (SSSR count). The van der Waals surface area contributed by atoms with Crippen LogP contribution >= 0.6 is 0 Å². The van der Waals surface area contributed by atoms with E-state index < -0.39 is 10.0 Å². The highest BCUT2D eigenvalue weighted by atomic mass is 32.2. The molecular formula is C13H15NO4S. The molecule has 1 N–H and O–H groups in total. The summed E-state index contributed by atoms with van der Waals surface area (Å²) in [5.74, 6) is 5.24. The summed E-state index contributed by atoms with van der Waals surface area (Å²) in [6.45, 7) is 1.41. The normalized spacial score (nSPS) is 16.7. The second kappa shape index (κ2) is 6.17. The minimum absolute atomic E-state index is 0.214. The van der Waals surface area contributed by atoms with Crippen LogP contribution in [-0.2, 0) is 14.8 Å². The van der Waals surface area contributed by atoms with Crippen LogP contribution in [0.15, 0.2) is 29.2 Å². The maximum Gasteiger partial charge on any atom is 0.243 e. The number of aliphatic hydroxyl groups excluding tert-OH is 1. The molecular weight excluding hydrogens is 266 g/mol. The predicted molar refractivity (Wildman–Crippen MR) is 70.0 cm³/mol. The number of ether oxygens (including phenoxy) is 1. The van der Waals surface area contributed by atoms with Crippen molar-refractivity contribution < 1.29 is 18.3 Å². The van der Waals surface area contributed by atoms with Gasteiger partial charge in [0.2, 0.25) is 10.0 Å². The minimum atomic E-state index is -3.44. The summed E-state index contributed by atoms with van der Waals surface area (Å²) in [7, 11) is -3.44. The molecule has 0 aliphatic carbocycles. The molecule has 1 fully saturated rings. The molecule has 0 bridgehead atoms. The summed E-state index contributed by atoms with van der Waals surface area (Å²) >= 11 is 0. The van der Waals surface area contributed by atoms with Crippen LogP contribution < -0.4 is 0 Å². The number of rotatable bonds is 2. The monoisotopic (exact) mass is 281 g/mol. The number of hydrogen-bond donors (Lipinski definition) is 1. The zero-order valence-corrected chi connectivity index (χ0v) is 11.2. The van der Waals surface area contributed by atoms with E-state index in [1.165, 1.54) is 16.4 Å². The van der Waals surface area contributed by atoms with Gasteiger partial charge in [-0.1, -0.05) is 11.8 Å². The van der Waals surface area contributed by atoms with Crippen LogP contribution in [0.3, 0.4) is 0 Å². The first kappa shape index (κ1) is 14.0. The number of aliphatic hydroxyl groups is 1. The molecule has 102 valence electrons. The number of hydrogen-bond acceptors (Lipinski definition) is 4. The van der Waals surface area contributed by atoms with Crippen molar-refractivity contribution in [3.05, 3.63) is 29.8 Å². The van der Waals surface area contributed by atoms with Gasteiger partial charge in [0.1, 0.15) is 6.61 Å². The Morgan fingerprint density at radius 1 is 1.21 bits per heavy atom. The molecule has 1 aliphatic heterocycles. The molecule has 0 atom stereocenters. The third-order valence-electron chi connectivity index (χ3n) is 2.77. The van der Waals surface area contributed by atoms with Gasteiger partial charge >= 0.3 is 0 Å². The van der Waals surface area contributed by atoms with Crippen LogP contribution in [0.5, 0.6) is 0 Å². The second-order valence-electron chi connectivity index (χ2n) is 4.00. The second-order valence-corrected chi connectivity index (χ2v) is 5.94. The van der Waals surface area contributed by atoms with Crippen LogP contribution in [-0.4, -0.2) is 50.7 Å². The summed E-state index contributed by atoms with van der Waals surface area (Å²) < 4.78 is 31.2. The highest BCUT2D eigenvalue weighted by molar-refractivity contribution is 7.89. The van der Waals surface area contributed by atoms with Crippen molar-refractivity contribution in [2.75, 3.05) is 32.9 Å². The molecule has 0 aromatic heterocycles. The zero-order chi connectivity index (χ0) is 13.7. The Hall–Kier alpha value is -1.39. The van der Waals surface area contributed by atoms with Crippen molar-refractivity contribution in [3.8, 4) is 11.8 Å². The topological polar surface area (TPSA) is 66.8 Å². The van der Waals surface area contributed by atoms with Crippen molar-refractivity contribution in [2.45, 2.75) is 4.90 Å². The fourth-order valence-electron chi connectivity index (χ4n) is 1.79. The van der Waals surface area contributed by atoms with E-state index in [4.69, 9.17) is 9.84 Å². The lowest BCUT2D eigenvalue weighted by molar-refractivity contribution is 0.0730. The summed E-state index contributed by atoms with van der Waals surface area (Å²) in [6.07, 6.45) is 0. The molecule has 0 unspecified atom stereocenters. The van der Waals surface area contributed by atoms with E-state index >= 15 is 0 Å². The Morgan fingerprint density at radius 3 is 2.42 bits per heavy atom. The molecule has 1 heterocycles. The van der Waals surface area contributed by atoms with Crippen molar-refractivity contribution in [1.82, 2.24) is 4.31 Å². The molecule has 0 amide bonds. The largest absolute Gasteiger partial charge is 0.384 e. The maximum absolute atomic E-state index is 12.3. The number of benzene rings is 1. The van der Waals surface area contributed by atoms with Gasteiger partial charge in [0, 0.05) is 18.7 Å². The molecule has 0 spiro atoms. The minimum Gasteiger partial charge on any atom is -0.384 e. The third-order valence-corrected chi connectivity index (χ3v) is 4.69. The van der Waals surface area contributed by atoms with Gasteiger partial charge in [-0.3, -0.25) is 0 Å². The van der Waals surface area contributed by atoms with Crippen LogP contribution in [0.2, 0.25) is 0 Å². The van der Waals surface area contributed by atoms with Gasteiger partial charge in [-0.25, -0.2) is 8.42 Å². The maximum atomic E-state index is 12.3. The quantitative estimate of drug-likeness (QED) is 0.778. The summed E-state index contributed by atoms with van der Waals surface area (Å²) in [6, 6.07) is 6.34. The molecule has 5 nitrogen and oxygen atoms in total. The lowest BCUT2D eigenvalue weighted by Crippen LogP contribution is -2.40. The fraction of sp³-hybridized carbons (Fsp3) is 0.385. The van der Waals surface area contributed by atoms with Gasteiger partial charge < -0.3 is 9.84 Å². The Balaban J connectivity index is 2.20. The van der Waals surface area contributed by atoms with E-state index in [-0.39, 0.29) is 11.5 Å². The van der Waals surface area contributed by atoms with Gasteiger partial charge in [0.15, 0.2) is 0 Å². The molecule has 1 saturated heterocycles. The molecule has 1 aromatic carbocycles.